The Labute approximate surface area is 113 Å². The van der Waals surface area contributed by atoms with Crippen LogP contribution in [0, 0.1) is 0 Å². The monoisotopic (exact) mass is 286 g/mol. The quantitative estimate of drug-likeness (QED) is 0.765. The number of ether oxygens (including phenoxy) is 1. The highest BCUT2D eigenvalue weighted by Gasteiger charge is 2.26. The van der Waals surface area contributed by atoms with Gasteiger partial charge in [-0.15, -0.1) is 0 Å². The number of carbonyl (C=O) groups is 2. The van der Waals surface area contributed by atoms with Gasteiger partial charge < -0.3 is 19.8 Å². The molecule has 7 nitrogen and oxygen atoms in total. The molecular formula is C11H14N2O5S. The van der Waals surface area contributed by atoms with Gasteiger partial charge >= 0.3 is 5.97 Å². The van der Waals surface area contributed by atoms with Crippen molar-refractivity contribution in [3.8, 4) is 0 Å². The molecule has 1 fully saturated rings. The van der Waals surface area contributed by atoms with E-state index in [1.807, 2.05) is 4.90 Å². The van der Waals surface area contributed by atoms with Crippen LogP contribution in [0.3, 0.4) is 0 Å². The second-order valence-electron chi connectivity index (χ2n) is 4.16. The number of Topliss-reactive ketones (excluding diaryl/α,β-unsaturated/α-hetero) is 1. The number of thiazole rings is 1. The lowest BCUT2D eigenvalue weighted by atomic mass is 10.3. The lowest BCUT2D eigenvalue weighted by molar-refractivity contribution is 0.00355. The Hall–Kier alpha value is -1.51. The molecule has 2 N–H and O–H groups in total. The number of nitrogens with zero attached hydrogens (tertiary/aromatic N) is 2. The van der Waals surface area contributed by atoms with Gasteiger partial charge in [-0.3, -0.25) is 4.79 Å². The first kappa shape index (κ1) is 13.9. The van der Waals surface area contributed by atoms with Crippen LogP contribution in [0.2, 0.25) is 0 Å². The maximum absolute atomic E-state index is 11.4. The zero-order chi connectivity index (χ0) is 14.0. The van der Waals surface area contributed by atoms with E-state index in [4.69, 9.17) is 14.9 Å². The summed E-state index contributed by atoms with van der Waals surface area (Å²) in [7, 11) is 0. The molecule has 8 heteroatoms. The average Bonchev–Trinajstić information content (AvgIpc) is 2.84. The zero-order valence-corrected chi connectivity index (χ0v) is 11.1. The predicted molar refractivity (Wildman–Crippen MR) is 68.1 cm³/mol. The molecule has 1 aliphatic rings. The molecule has 0 amide bonds. The molecule has 19 heavy (non-hydrogen) atoms. The van der Waals surface area contributed by atoms with E-state index in [1.165, 1.54) is 6.92 Å². The van der Waals surface area contributed by atoms with Crippen LogP contribution in [0.5, 0.6) is 0 Å². The molecule has 1 unspecified atom stereocenters. The van der Waals surface area contributed by atoms with E-state index in [0.29, 0.717) is 24.8 Å². The highest BCUT2D eigenvalue weighted by molar-refractivity contribution is 7.17. The number of aromatic carboxylic acids is 1. The fraction of sp³-hybridized carbons (Fsp3) is 0.545. The number of anilines is 1. The van der Waals surface area contributed by atoms with Crippen molar-refractivity contribution in [3.05, 3.63) is 10.6 Å². The number of carboxylic acid groups (broad SMARTS) is 1. The molecule has 0 saturated carbocycles. The van der Waals surface area contributed by atoms with Crippen LogP contribution >= 0.6 is 11.3 Å². The number of hydrogen-bond acceptors (Lipinski definition) is 7. The molecule has 2 heterocycles. The number of rotatable bonds is 4. The minimum atomic E-state index is -1.21. The summed E-state index contributed by atoms with van der Waals surface area (Å²) >= 11 is 1.06. The van der Waals surface area contributed by atoms with E-state index in [2.05, 4.69) is 4.98 Å². The normalized spacial score (nSPS) is 19.5. The molecule has 1 atom stereocenters. The molecule has 1 aliphatic heterocycles. The van der Waals surface area contributed by atoms with Gasteiger partial charge in [0.05, 0.1) is 19.3 Å². The van der Waals surface area contributed by atoms with Crippen LogP contribution in [0.4, 0.5) is 5.13 Å². The van der Waals surface area contributed by atoms with Crippen LogP contribution in [0.1, 0.15) is 27.1 Å². The van der Waals surface area contributed by atoms with Gasteiger partial charge in [0.15, 0.2) is 16.6 Å². The second kappa shape index (κ2) is 5.64. The molecule has 104 valence electrons. The van der Waals surface area contributed by atoms with Gasteiger partial charge in [-0.05, 0) is 0 Å². The molecule has 0 aromatic carbocycles. The summed E-state index contributed by atoms with van der Waals surface area (Å²) in [5, 5.41) is 18.6. The minimum absolute atomic E-state index is 0.104. The summed E-state index contributed by atoms with van der Waals surface area (Å²) in [4.78, 5) is 28.4. The summed E-state index contributed by atoms with van der Waals surface area (Å²) in [6.45, 7) is 2.64. The van der Waals surface area contributed by atoms with Crippen LogP contribution in [0.25, 0.3) is 0 Å². The second-order valence-corrected chi connectivity index (χ2v) is 5.13. The summed E-state index contributed by atoms with van der Waals surface area (Å²) in [6.07, 6.45) is -0.313. The van der Waals surface area contributed by atoms with Crippen molar-refractivity contribution in [2.45, 2.75) is 13.0 Å². The highest BCUT2D eigenvalue weighted by atomic mass is 32.1. The molecule has 0 spiro atoms. The fourth-order valence-electron chi connectivity index (χ4n) is 1.83. The van der Waals surface area contributed by atoms with Crippen LogP contribution in [-0.4, -0.2) is 59.4 Å². The van der Waals surface area contributed by atoms with Gasteiger partial charge in [0, 0.05) is 20.0 Å². The van der Waals surface area contributed by atoms with Gasteiger partial charge in [0.1, 0.15) is 4.88 Å². The molecule has 0 radical (unpaired) electrons. The summed E-state index contributed by atoms with van der Waals surface area (Å²) < 4.78 is 5.31. The number of aliphatic hydroxyl groups is 1. The molecule has 1 aromatic rings. The zero-order valence-electron chi connectivity index (χ0n) is 10.3. The Bertz CT molecular complexity index is 470. The van der Waals surface area contributed by atoms with Crippen molar-refractivity contribution in [2.24, 2.45) is 0 Å². The molecule has 0 aliphatic carbocycles. The van der Waals surface area contributed by atoms with Crippen molar-refractivity contribution in [1.82, 2.24) is 4.98 Å². The van der Waals surface area contributed by atoms with E-state index < -0.39 is 5.97 Å². The Morgan fingerprint density at radius 1 is 1.58 bits per heavy atom. The number of carboxylic acids is 1. The Morgan fingerprint density at radius 2 is 2.32 bits per heavy atom. The Morgan fingerprint density at radius 3 is 2.84 bits per heavy atom. The van der Waals surface area contributed by atoms with E-state index in [1.54, 1.807) is 0 Å². The SMILES string of the molecule is CC(=O)c1sc(N2CCOC(CO)C2)nc1C(=O)O. The van der Waals surface area contributed by atoms with Gasteiger partial charge in [0.2, 0.25) is 0 Å². The molecule has 1 saturated heterocycles. The first-order chi connectivity index (χ1) is 9.02. The van der Waals surface area contributed by atoms with Crippen molar-refractivity contribution in [1.29, 1.82) is 0 Å². The standard InChI is InChI=1S/C11H14N2O5S/c1-6(15)9-8(10(16)17)12-11(19-9)13-2-3-18-7(4-13)5-14/h7,14H,2-5H2,1H3,(H,16,17). The van der Waals surface area contributed by atoms with Gasteiger partial charge in [-0.25, -0.2) is 9.78 Å². The summed E-state index contributed by atoms with van der Waals surface area (Å²) in [6, 6.07) is 0. The maximum Gasteiger partial charge on any atom is 0.356 e. The van der Waals surface area contributed by atoms with E-state index >= 15 is 0 Å². The smallest absolute Gasteiger partial charge is 0.356 e. The molecule has 2 rings (SSSR count). The third-order valence-electron chi connectivity index (χ3n) is 2.75. The highest BCUT2D eigenvalue weighted by Crippen LogP contribution is 2.28. The molecule has 1 aromatic heterocycles. The van der Waals surface area contributed by atoms with Crippen LogP contribution < -0.4 is 4.90 Å². The van der Waals surface area contributed by atoms with Crippen molar-refractivity contribution >= 4 is 28.2 Å². The third-order valence-corrected chi connectivity index (χ3v) is 3.97. The number of morpholine rings is 1. The minimum Gasteiger partial charge on any atom is -0.476 e. The van der Waals surface area contributed by atoms with Crippen LogP contribution in [0.15, 0.2) is 0 Å². The van der Waals surface area contributed by atoms with E-state index in [9.17, 15) is 9.59 Å². The molecule has 0 bridgehead atoms. The number of carbonyl (C=O) groups excluding carboxylic acids is 1. The lowest BCUT2D eigenvalue weighted by Gasteiger charge is -2.31. The van der Waals surface area contributed by atoms with Crippen LogP contribution in [-0.2, 0) is 4.74 Å². The number of aromatic nitrogens is 1. The lowest BCUT2D eigenvalue weighted by Crippen LogP contribution is -2.44. The predicted octanol–water partition coefficient (Wildman–Crippen LogP) is 0.241. The summed E-state index contributed by atoms with van der Waals surface area (Å²) in [5.74, 6) is -1.52. The number of hydrogen-bond donors (Lipinski definition) is 2. The Kier molecular flexibility index (Phi) is 4.13. The maximum atomic E-state index is 11.4. The van der Waals surface area contributed by atoms with Crippen molar-refractivity contribution in [3.63, 3.8) is 0 Å². The van der Waals surface area contributed by atoms with E-state index in [0.717, 1.165) is 11.3 Å². The number of aliphatic hydroxyl groups excluding tert-OH is 1. The first-order valence-electron chi connectivity index (χ1n) is 5.75. The first-order valence-corrected chi connectivity index (χ1v) is 6.57. The van der Waals surface area contributed by atoms with Gasteiger partial charge in [-0.2, -0.15) is 0 Å². The fourth-order valence-corrected chi connectivity index (χ4v) is 2.82. The van der Waals surface area contributed by atoms with Crippen molar-refractivity contribution in [2.75, 3.05) is 31.2 Å². The van der Waals surface area contributed by atoms with Gasteiger partial charge in [0.25, 0.3) is 0 Å². The largest absolute Gasteiger partial charge is 0.476 e. The third kappa shape index (κ3) is 2.91. The van der Waals surface area contributed by atoms with E-state index in [-0.39, 0.29) is 29.1 Å². The number of ketones is 1. The van der Waals surface area contributed by atoms with Gasteiger partial charge in [-0.1, -0.05) is 11.3 Å². The summed E-state index contributed by atoms with van der Waals surface area (Å²) in [5.41, 5.74) is -0.209. The average molecular weight is 286 g/mol. The molecular weight excluding hydrogens is 272 g/mol. The Balaban J connectivity index is 2.27. The topological polar surface area (TPSA) is 100.0 Å². The van der Waals surface area contributed by atoms with Crippen molar-refractivity contribution < 1.29 is 24.5 Å².